The van der Waals surface area contributed by atoms with Crippen LogP contribution in [0.1, 0.15) is 47.0 Å². The number of piperidine rings is 1. The van der Waals surface area contributed by atoms with Crippen molar-refractivity contribution in [2.75, 3.05) is 19.6 Å². The molecule has 1 aliphatic rings. The summed E-state index contributed by atoms with van der Waals surface area (Å²) in [6.07, 6.45) is 3.38. The molecule has 2 N–H and O–H groups in total. The van der Waals surface area contributed by atoms with Gasteiger partial charge < -0.3 is 10.2 Å². The Morgan fingerprint density at radius 2 is 1.74 bits per heavy atom. The molecule has 0 spiro atoms. The average Bonchev–Trinajstić information content (AvgIpc) is 2.34. The van der Waals surface area contributed by atoms with Gasteiger partial charge in [0.1, 0.15) is 0 Å². The summed E-state index contributed by atoms with van der Waals surface area (Å²) in [7, 11) is 0. The van der Waals surface area contributed by atoms with E-state index in [1.54, 1.807) is 0 Å². The minimum atomic E-state index is -0.302. The maximum Gasteiger partial charge on any atom is 0.239 e. The predicted octanol–water partition coefficient (Wildman–Crippen LogP) is 0.892. The summed E-state index contributed by atoms with van der Waals surface area (Å²) in [5.41, 5.74) is -0.237. The van der Waals surface area contributed by atoms with E-state index in [4.69, 9.17) is 0 Å². The van der Waals surface area contributed by atoms with Crippen molar-refractivity contribution in [3.8, 4) is 0 Å². The van der Waals surface area contributed by atoms with Crippen LogP contribution >= 0.6 is 0 Å². The summed E-state index contributed by atoms with van der Waals surface area (Å²) < 4.78 is 0. The first-order valence-corrected chi connectivity index (χ1v) is 7.13. The second-order valence-electron chi connectivity index (χ2n) is 6.29. The fraction of sp³-hybridized carbons (Fsp3) is 0.857. The average molecular weight is 269 g/mol. The lowest BCUT2D eigenvalue weighted by atomic mass is 10.1. The van der Waals surface area contributed by atoms with E-state index in [9.17, 15) is 9.59 Å². The van der Waals surface area contributed by atoms with Gasteiger partial charge in [0, 0.05) is 18.6 Å². The minimum absolute atomic E-state index is 0.0780. The van der Waals surface area contributed by atoms with E-state index in [0.29, 0.717) is 0 Å². The van der Waals surface area contributed by atoms with Crippen molar-refractivity contribution in [2.45, 2.75) is 58.5 Å². The Hall–Kier alpha value is -1.10. The standard InChI is InChI=1S/C14H27N3O2/c1-11(13(19)17-8-6-5-7-9-17)15-10-12(18)16-14(2,3)4/h11,15H,5-10H2,1-4H3,(H,16,18). The van der Waals surface area contributed by atoms with Gasteiger partial charge in [0.2, 0.25) is 11.8 Å². The highest BCUT2D eigenvalue weighted by Crippen LogP contribution is 2.09. The van der Waals surface area contributed by atoms with Crippen LogP contribution in [0.2, 0.25) is 0 Å². The van der Waals surface area contributed by atoms with E-state index in [1.807, 2.05) is 32.6 Å². The maximum absolute atomic E-state index is 12.1. The lowest BCUT2D eigenvalue weighted by molar-refractivity contribution is -0.134. The molecule has 1 fully saturated rings. The van der Waals surface area contributed by atoms with E-state index < -0.39 is 0 Å². The molecule has 1 heterocycles. The Kier molecular flexibility index (Phi) is 5.79. The molecule has 1 rings (SSSR count). The Morgan fingerprint density at radius 1 is 1.16 bits per heavy atom. The van der Waals surface area contributed by atoms with Crippen LogP contribution in [0.5, 0.6) is 0 Å². The molecule has 1 unspecified atom stereocenters. The Morgan fingerprint density at radius 3 is 2.26 bits per heavy atom. The molecular formula is C14H27N3O2. The number of hydrogen-bond donors (Lipinski definition) is 2. The second kappa shape index (κ2) is 6.89. The molecule has 1 saturated heterocycles. The van der Waals surface area contributed by atoms with Gasteiger partial charge in [-0.05, 0) is 47.0 Å². The highest BCUT2D eigenvalue weighted by molar-refractivity contribution is 5.83. The van der Waals surface area contributed by atoms with Crippen molar-refractivity contribution >= 4 is 11.8 Å². The van der Waals surface area contributed by atoms with Crippen LogP contribution < -0.4 is 10.6 Å². The lowest BCUT2D eigenvalue weighted by Gasteiger charge is -2.29. The Labute approximate surface area is 116 Å². The summed E-state index contributed by atoms with van der Waals surface area (Å²) in [6.45, 7) is 9.51. The number of carbonyl (C=O) groups excluding carboxylic acids is 2. The van der Waals surface area contributed by atoms with E-state index in [2.05, 4.69) is 10.6 Å². The van der Waals surface area contributed by atoms with Crippen molar-refractivity contribution < 1.29 is 9.59 Å². The third kappa shape index (κ3) is 6.05. The van der Waals surface area contributed by atoms with Gasteiger partial charge in [0.15, 0.2) is 0 Å². The van der Waals surface area contributed by atoms with Crippen LogP contribution in [-0.2, 0) is 9.59 Å². The third-order valence-electron chi connectivity index (χ3n) is 3.12. The number of likely N-dealkylation sites (tertiary alicyclic amines) is 1. The second-order valence-corrected chi connectivity index (χ2v) is 6.29. The molecule has 0 radical (unpaired) electrons. The molecule has 5 heteroatoms. The van der Waals surface area contributed by atoms with Crippen molar-refractivity contribution in [1.29, 1.82) is 0 Å². The molecule has 5 nitrogen and oxygen atoms in total. The molecule has 0 saturated carbocycles. The van der Waals surface area contributed by atoms with Gasteiger partial charge in [-0.3, -0.25) is 14.9 Å². The summed E-state index contributed by atoms with van der Waals surface area (Å²) in [5, 5.41) is 5.87. The van der Waals surface area contributed by atoms with Gasteiger partial charge in [-0.25, -0.2) is 0 Å². The molecule has 19 heavy (non-hydrogen) atoms. The topological polar surface area (TPSA) is 61.4 Å². The smallest absolute Gasteiger partial charge is 0.239 e. The van der Waals surface area contributed by atoms with E-state index in [0.717, 1.165) is 25.9 Å². The van der Waals surface area contributed by atoms with Gasteiger partial charge in [-0.15, -0.1) is 0 Å². The van der Waals surface area contributed by atoms with Crippen LogP contribution in [-0.4, -0.2) is 47.9 Å². The molecule has 1 aliphatic heterocycles. The highest BCUT2D eigenvalue weighted by atomic mass is 16.2. The molecule has 1 atom stereocenters. The zero-order valence-electron chi connectivity index (χ0n) is 12.6. The van der Waals surface area contributed by atoms with E-state index in [-0.39, 0.29) is 29.9 Å². The Bertz CT molecular complexity index is 317. The summed E-state index contributed by atoms with van der Waals surface area (Å²) in [6, 6.07) is -0.302. The van der Waals surface area contributed by atoms with Gasteiger partial charge in [0.25, 0.3) is 0 Å². The van der Waals surface area contributed by atoms with Crippen LogP contribution in [0.4, 0.5) is 0 Å². The first kappa shape index (κ1) is 16.0. The Balaban J connectivity index is 2.31. The largest absolute Gasteiger partial charge is 0.350 e. The molecule has 110 valence electrons. The number of carbonyl (C=O) groups is 2. The number of amides is 2. The normalized spacial score (nSPS) is 18.0. The molecule has 2 amide bonds. The molecular weight excluding hydrogens is 242 g/mol. The summed E-state index contributed by atoms with van der Waals surface area (Å²) in [4.78, 5) is 25.7. The molecule has 0 aliphatic carbocycles. The summed E-state index contributed by atoms with van der Waals surface area (Å²) in [5.74, 6) is 0.0223. The number of rotatable bonds is 4. The van der Waals surface area contributed by atoms with Crippen molar-refractivity contribution in [2.24, 2.45) is 0 Å². The summed E-state index contributed by atoms with van der Waals surface area (Å²) >= 11 is 0. The quantitative estimate of drug-likeness (QED) is 0.797. The van der Waals surface area contributed by atoms with Crippen LogP contribution in [0.25, 0.3) is 0 Å². The molecule has 0 bridgehead atoms. The van der Waals surface area contributed by atoms with Crippen LogP contribution in [0, 0.1) is 0 Å². The number of hydrogen-bond acceptors (Lipinski definition) is 3. The number of nitrogens with zero attached hydrogens (tertiary/aromatic N) is 1. The first-order chi connectivity index (χ1) is 8.79. The van der Waals surface area contributed by atoms with Crippen molar-refractivity contribution in [3.05, 3.63) is 0 Å². The predicted molar refractivity (Wildman–Crippen MR) is 75.8 cm³/mol. The SMILES string of the molecule is CC(NCC(=O)NC(C)(C)C)C(=O)N1CCCCC1. The maximum atomic E-state index is 12.1. The highest BCUT2D eigenvalue weighted by Gasteiger charge is 2.22. The van der Waals surface area contributed by atoms with E-state index in [1.165, 1.54) is 6.42 Å². The fourth-order valence-electron chi connectivity index (χ4n) is 2.18. The minimum Gasteiger partial charge on any atom is -0.350 e. The van der Waals surface area contributed by atoms with Gasteiger partial charge >= 0.3 is 0 Å². The van der Waals surface area contributed by atoms with Gasteiger partial charge in [-0.2, -0.15) is 0 Å². The van der Waals surface area contributed by atoms with Crippen LogP contribution in [0.3, 0.4) is 0 Å². The molecule has 0 aromatic rings. The van der Waals surface area contributed by atoms with E-state index >= 15 is 0 Å². The van der Waals surface area contributed by atoms with Gasteiger partial charge in [-0.1, -0.05) is 0 Å². The van der Waals surface area contributed by atoms with Crippen molar-refractivity contribution in [3.63, 3.8) is 0 Å². The lowest BCUT2D eigenvalue weighted by Crippen LogP contribution is -2.51. The first-order valence-electron chi connectivity index (χ1n) is 7.13. The third-order valence-corrected chi connectivity index (χ3v) is 3.12. The molecule has 0 aromatic carbocycles. The zero-order valence-corrected chi connectivity index (χ0v) is 12.6. The number of nitrogens with one attached hydrogen (secondary N) is 2. The molecule has 0 aromatic heterocycles. The van der Waals surface area contributed by atoms with Crippen molar-refractivity contribution in [1.82, 2.24) is 15.5 Å². The monoisotopic (exact) mass is 269 g/mol. The fourth-order valence-corrected chi connectivity index (χ4v) is 2.18. The van der Waals surface area contributed by atoms with Gasteiger partial charge in [0.05, 0.1) is 12.6 Å². The van der Waals surface area contributed by atoms with Crippen LogP contribution in [0.15, 0.2) is 0 Å². The zero-order chi connectivity index (χ0) is 14.5.